The fourth-order valence-corrected chi connectivity index (χ4v) is 1.80. The van der Waals surface area contributed by atoms with Gasteiger partial charge in [-0.05, 0) is 42.9 Å². The summed E-state index contributed by atoms with van der Waals surface area (Å²) in [5.41, 5.74) is -0.679. The van der Waals surface area contributed by atoms with Crippen LogP contribution < -0.4 is 0 Å². The Labute approximate surface area is 84.6 Å². The number of rotatable bonds is 2. The first-order chi connectivity index (χ1) is 6.27. The van der Waals surface area contributed by atoms with Crippen LogP contribution in [0.1, 0.15) is 32.6 Å². The molecule has 1 rings (SSSR count). The van der Waals surface area contributed by atoms with Crippen LogP contribution in [0.3, 0.4) is 0 Å². The van der Waals surface area contributed by atoms with Crippen molar-refractivity contribution >= 4 is 11.8 Å². The van der Waals surface area contributed by atoms with E-state index in [0.29, 0.717) is 0 Å². The molecule has 0 amide bonds. The molecule has 0 spiro atoms. The molecule has 72 valence electrons. The Hall–Kier alpha value is -0.390. The summed E-state index contributed by atoms with van der Waals surface area (Å²) in [5, 5.41) is 11.8. The first-order valence-electron chi connectivity index (χ1n) is 4.78. The SMILES string of the molecule is CCS/C=C/C#CC1(O)CCCC1. The van der Waals surface area contributed by atoms with E-state index in [4.69, 9.17) is 0 Å². The van der Waals surface area contributed by atoms with Gasteiger partial charge in [-0.25, -0.2) is 0 Å². The lowest BCUT2D eigenvalue weighted by atomic mass is 10.0. The summed E-state index contributed by atoms with van der Waals surface area (Å²) in [4.78, 5) is 0. The molecule has 0 saturated heterocycles. The van der Waals surface area contributed by atoms with Crippen molar-refractivity contribution in [1.29, 1.82) is 0 Å². The molecular weight excluding hydrogens is 180 g/mol. The van der Waals surface area contributed by atoms with E-state index < -0.39 is 5.60 Å². The van der Waals surface area contributed by atoms with Crippen LogP contribution >= 0.6 is 11.8 Å². The molecule has 1 aliphatic carbocycles. The van der Waals surface area contributed by atoms with Crippen LogP contribution in [0.5, 0.6) is 0 Å². The summed E-state index contributed by atoms with van der Waals surface area (Å²) < 4.78 is 0. The molecule has 0 aromatic rings. The Balaban J connectivity index is 2.36. The second-order valence-corrected chi connectivity index (χ2v) is 4.45. The summed E-state index contributed by atoms with van der Waals surface area (Å²) in [5.74, 6) is 6.90. The molecule has 0 heterocycles. The van der Waals surface area contributed by atoms with Gasteiger partial charge in [-0.3, -0.25) is 0 Å². The van der Waals surface area contributed by atoms with Gasteiger partial charge in [-0.1, -0.05) is 18.8 Å². The van der Waals surface area contributed by atoms with Gasteiger partial charge in [-0.15, -0.1) is 11.8 Å². The standard InChI is InChI=1S/C11H16OS/c1-2-13-10-6-5-9-11(12)7-3-4-8-11/h6,10,12H,2-4,7-8H2,1H3/b10-6+. The predicted molar refractivity (Wildman–Crippen MR) is 58.5 cm³/mol. The van der Waals surface area contributed by atoms with Gasteiger partial charge in [0.1, 0.15) is 5.60 Å². The quantitative estimate of drug-likeness (QED) is 0.685. The van der Waals surface area contributed by atoms with Gasteiger partial charge in [0, 0.05) is 0 Å². The average Bonchev–Trinajstić information content (AvgIpc) is 2.53. The summed E-state index contributed by atoms with van der Waals surface area (Å²) in [6.07, 6.45) is 5.73. The molecule has 0 aliphatic heterocycles. The predicted octanol–water partition coefficient (Wildman–Crippen LogP) is 2.56. The lowest BCUT2D eigenvalue weighted by Gasteiger charge is -2.12. The van der Waals surface area contributed by atoms with Crippen molar-refractivity contribution in [3.05, 3.63) is 11.5 Å². The largest absolute Gasteiger partial charge is 0.378 e. The summed E-state index contributed by atoms with van der Waals surface area (Å²) in [7, 11) is 0. The van der Waals surface area contributed by atoms with Crippen LogP contribution in [0.4, 0.5) is 0 Å². The zero-order valence-electron chi connectivity index (χ0n) is 8.05. The van der Waals surface area contributed by atoms with Crippen LogP contribution in [0.15, 0.2) is 11.5 Å². The summed E-state index contributed by atoms with van der Waals surface area (Å²) in [6, 6.07) is 0. The van der Waals surface area contributed by atoms with Gasteiger partial charge < -0.3 is 5.11 Å². The van der Waals surface area contributed by atoms with Crippen LogP contribution in [-0.2, 0) is 0 Å². The third kappa shape index (κ3) is 3.89. The van der Waals surface area contributed by atoms with Gasteiger partial charge in [0.15, 0.2) is 0 Å². The van der Waals surface area contributed by atoms with E-state index in [1.165, 1.54) is 0 Å². The molecule has 13 heavy (non-hydrogen) atoms. The summed E-state index contributed by atoms with van der Waals surface area (Å²) in [6.45, 7) is 2.10. The lowest BCUT2D eigenvalue weighted by molar-refractivity contribution is 0.110. The number of hydrogen-bond acceptors (Lipinski definition) is 2. The highest BCUT2D eigenvalue weighted by Gasteiger charge is 2.28. The molecule has 0 aromatic carbocycles. The fourth-order valence-electron chi connectivity index (χ4n) is 1.44. The van der Waals surface area contributed by atoms with Crippen LogP contribution in [-0.4, -0.2) is 16.5 Å². The molecule has 1 fully saturated rings. The van der Waals surface area contributed by atoms with Crippen molar-refractivity contribution in [2.45, 2.75) is 38.2 Å². The van der Waals surface area contributed by atoms with E-state index >= 15 is 0 Å². The highest BCUT2D eigenvalue weighted by molar-refractivity contribution is 8.02. The molecular formula is C11H16OS. The number of thioether (sulfide) groups is 1. The van der Waals surface area contributed by atoms with Gasteiger partial charge in [0.05, 0.1) is 0 Å². The van der Waals surface area contributed by atoms with Crippen LogP contribution in [0.2, 0.25) is 0 Å². The van der Waals surface area contributed by atoms with E-state index in [1.807, 2.05) is 11.5 Å². The van der Waals surface area contributed by atoms with Crippen molar-refractivity contribution in [2.75, 3.05) is 5.75 Å². The normalized spacial score (nSPS) is 20.2. The third-order valence-corrected chi connectivity index (χ3v) is 2.81. The Morgan fingerprint density at radius 3 is 2.77 bits per heavy atom. The maximum Gasteiger partial charge on any atom is 0.125 e. The molecule has 0 radical (unpaired) electrons. The first kappa shape index (κ1) is 10.7. The van der Waals surface area contributed by atoms with Crippen molar-refractivity contribution in [2.24, 2.45) is 0 Å². The molecule has 1 aliphatic rings. The molecule has 2 heteroatoms. The van der Waals surface area contributed by atoms with E-state index in [9.17, 15) is 5.11 Å². The molecule has 0 aromatic heterocycles. The molecule has 0 unspecified atom stereocenters. The van der Waals surface area contributed by atoms with E-state index in [-0.39, 0.29) is 0 Å². The average molecular weight is 196 g/mol. The fraction of sp³-hybridized carbons (Fsp3) is 0.636. The van der Waals surface area contributed by atoms with Crippen LogP contribution in [0, 0.1) is 11.8 Å². The minimum absolute atomic E-state index is 0.679. The minimum atomic E-state index is -0.679. The van der Waals surface area contributed by atoms with E-state index in [0.717, 1.165) is 31.4 Å². The second-order valence-electron chi connectivity index (χ2n) is 3.27. The van der Waals surface area contributed by atoms with Gasteiger partial charge in [0.25, 0.3) is 0 Å². The molecule has 0 atom stereocenters. The van der Waals surface area contributed by atoms with Crippen molar-refractivity contribution in [3.8, 4) is 11.8 Å². The monoisotopic (exact) mass is 196 g/mol. The second kappa shape index (κ2) is 5.36. The van der Waals surface area contributed by atoms with E-state index in [1.54, 1.807) is 11.8 Å². The van der Waals surface area contributed by atoms with E-state index in [2.05, 4.69) is 18.8 Å². The highest BCUT2D eigenvalue weighted by atomic mass is 32.2. The lowest BCUT2D eigenvalue weighted by Crippen LogP contribution is -2.20. The topological polar surface area (TPSA) is 20.2 Å². The molecule has 1 N–H and O–H groups in total. The number of aliphatic hydroxyl groups is 1. The highest BCUT2D eigenvalue weighted by Crippen LogP contribution is 2.28. The number of hydrogen-bond donors (Lipinski definition) is 1. The van der Waals surface area contributed by atoms with Crippen molar-refractivity contribution in [3.63, 3.8) is 0 Å². The smallest absolute Gasteiger partial charge is 0.125 e. The Morgan fingerprint density at radius 2 is 2.15 bits per heavy atom. The first-order valence-corrected chi connectivity index (χ1v) is 5.83. The van der Waals surface area contributed by atoms with Crippen molar-refractivity contribution in [1.82, 2.24) is 0 Å². The van der Waals surface area contributed by atoms with Crippen molar-refractivity contribution < 1.29 is 5.11 Å². The molecule has 0 bridgehead atoms. The van der Waals surface area contributed by atoms with Gasteiger partial charge in [-0.2, -0.15) is 0 Å². The Bertz CT molecular complexity index is 228. The van der Waals surface area contributed by atoms with Gasteiger partial charge in [0.2, 0.25) is 0 Å². The zero-order chi connectivity index (χ0) is 9.57. The Morgan fingerprint density at radius 1 is 1.46 bits per heavy atom. The van der Waals surface area contributed by atoms with Gasteiger partial charge >= 0.3 is 0 Å². The maximum atomic E-state index is 9.83. The number of allylic oxidation sites excluding steroid dienone is 1. The zero-order valence-corrected chi connectivity index (χ0v) is 8.86. The molecule has 1 nitrogen and oxygen atoms in total. The Kier molecular flexibility index (Phi) is 4.41. The third-order valence-electron chi connectivity index (χ3n) is 2.15. The summed E-state index contributed by atoms with van der Waals surface area (Å²) >= 11 is 1.72. The van der Waals surface area contributed by atoms with Crippen LogP contribution in [0.25, 0.3) is 0 Å². The minimum Gasteiger partial charge on any atom is -0.378 e. The maximum absolute atomic E-state index is 9.83. The molecule has 1 saturated carbocycles.